The minimum Gasteiger partial charge on any atom is -0.492 e. The van der Waals surface area contributed by atoms with E-state index in [4.69, 9.17) is 9.15 Å². The molecule has 19 heavy (non-hydrogen) atoms. The van der Waals surface area contributed by atoms with E-state index in [9.17, 15) is 4.79 Å². The van der Waals surface area contributed by atoms with Gasteiger partial charge in [-0.3, -0.25) is 4.79 Å². The highest BCUT2D eigenvalue weighted by molar-refractivity contribution is 9.10. The van der Waals surface area contributed by atoms with E-state index < -0.39 is 0 Å². The summed E-state index contributed by atoms with van der Waals surface area (Å²) in [6, 6.07) is 7.45. The molecule has 5 heteroatoms. The van der Waals surface area contributed by atoms with E-state index in [0.29, 0.717) is 12.2 Å². The van der Waals surface area contributed by atoms with Crippen molar-refractivity contribution in [3.05, 3.63) is 52.4 Å². The fourth-order valence-electron chi connectivity index (χ4n) is 2.17. The molecule has 98 valence electrons. The van der Waals surface area contributed by atoms with Gasteiger partial charge in [0.2, 0.25) is 0 Å². The third-order valence-electron chi connectivity index (χ3n) is 3.11. The van der Waals surface area contributed by atoms with Crippen LogP contribution in [0.1, 0.15) is 28.4 Å². The fraction of sp³-hybridized carbons (Fsp3) is 0.214. The number of rotatable bonds is 2. The fourth-order valence-corrected chi connectivity index (χ4v) is 2.67. The van der Waals surface area contributed by atoms with E-state index in [1.165, 1.54) is 12.5 Å². The van der Waals surface area contributed by atoms with Crippen molar-refractivity contribution < 1.29 is 13.9 Å². The molecule has 0 aliphatic carbocycles. The summed E-state index contributed by atoms with van der Waals surface area (Å²) in [5, 5.41) is 3.00. The number of benzene rings is 1. The highest BCUT2D eigenvalue weighted by atomic mass is 79.9. The van der Waals surface area contributed by atoms with Crippen molar-refractivity contribution in [1.82, 2.24) is 5.32 Å². The maximum Gasteiger partial charge on any atom is 0.255 e. The normalized spacial score (nSPS) is 17.4. The van der Waals surface area contributed by atoms with E-state index in [1.807, 2.05) is 18.2 Å². The Bertz CT molecular complexity index is 595. The minimum absolute atomic E-state index is 0.0383. The lowest BCUT2D eigenvalue weighted by Gasteiger charge is -2.27. The first-order chi connectivity index (χ1) is 9.25. The Hall–Kier alpha value is -1.75. The molecule has 1 aliphatic rings. The van der Waals surface area contributed by atoms with Crippen LogP contribution >= 0.6 is 15.9 Å². The maximum absolute atomic E-state index is 12.0. The average Bonchev–Trinajstić information content (AvgIpc) is 2.94. The monoisotopic (exact) mass is 321 g/mol. The smallest absolute Gasteiger partial charge is 0.255 e. The Labute approximate surface area is 118 Å². The predicted molar refractivity (Wildman–Crippen MR) is 73.2 cm³/mol. The second-order valence-corrected chi connectivity index (χ2v) is 5.19. The highest BCUT2D eigenvalue weighted by Gasteiger charge is 2.25. The number of halogens is 1. The molecule has 2 aromatic rings. The highest BCUT2D eigenvalue weighted by Crippen LogP contribution is 2.37. The average molecular weight is 322 g/mol. The molecule has 0 saturated carbocycles. The number of fused-ring (bicyclic) bond motifs is 1. The van der Waals surface area contributed by atoms with E-state index in [2.05, 4.69) is 21.2 Å². The van der Waals surface area contributed by atoms with Gasteiger partial charge in [0, 0.05) is 12.0 Å². The van der Waals surface area contributed by atoms with Gasteiger partial charge in [-0.25, -0.2) is 0 Å². The molecule has 0 radical (unpaired) electrons. The molecule has 1 aliphatic heterocycles. The van der Waals surface area contributed by atoms with Crippen LogP contribution in [0, 0.1) is 0 Å². The zero-order chi connectivity index (χ0) is 13.2. The van der Waals surface area contributed by atoms with Crippen LogP contribution in [-0.4, -0.2) is 12.5 Å². The number of furan rings is 1. The number of hydrogen-bond acceptors (Lipinski definition) is 3. The van der Waals surface area contributed by atoms with Crippen LogP contribution in [0.3, 0.4) is 0 Å². The molecule has 1 aromatic heterocycles. The number of para-hydroxylation sites is 1. The SMILES string of the molecule is O=C(N[C@@H]1CCOc2c(Br)cccc21)c1ccoc1. The number of ether oxygens (including phenoxy) is 1. The van der Waals surface area contributed by atoms with Crippen LogP contribution in [0.5, 0.6) is 5.75 Å². The quantitative estimate of drug-likeness (QED) is 0.923. The Morgan fingerprint density at radius 1 is 1.37 bits per heavy atom. The first-order valence-corrected chi connectivity index (χ1v) is 6.79. The minimum atomic E-state index is -0.133. The van der Waals surface area contributed by atoms with Gasteiger partial charge in [0.25, 0.3) is 5.91 Å². The number of nitrogens with one attached hydrogen (secondary N) is 1. The Balaban J connectivity index is 1.84. The standard InChI is InChI=1S/C14H12BrNO3/c15-11-3-1-2-10-12(5-7-19-13(10)11)16-14(17)9-4-6-18-8-9/h1-4,6,8,12H,5,7H2,(H,16,17)/t12-/m1/s1. The predicted octanol–water partition coefficient (Wildman–Crippen LogP) is 3.30. The van der Waals surface area contributed by atoms with E-state index in [-0.39, 0.29) is 11.9 Å². The van der Waals surface area contributed by atoms with Crippen LogP contribution in [0.2, 0.25) is 0 Å². The molecular formula is C14H12BrNO3. The van der Waals surface area contributed by atoms with Crippen LogP contribution in [0.4, 0.5) is 0 Å². The molecule has 0 unspecified atom stereocenters. The molecule has 0 bridgehead atoms. The Kier molecular flexibility index (Phi) is 3.29. The molecule has 3 rings (SSSR count). The third-order valence-corrected chi connectivity index (χ3v) is 3.74. The zero-order valence-corrected chi connectivity index (χ0v) is 11.6. The number of carbonyl (C=O) groups is 1. The van der Waals surface area contributed by atoms with Crippen molar-refractivity contribution in [2.24, 2.45) is 0 Å². The summed E-state index contributed by atoms with van der Waals surface area (Å²) in [4.78, 5) is 12.0. The molecular weight excluding hydrogens is 310 g/mol. The molecule has 2 heterocycles. The van der Waals surface area contributed by atoms with Crippen molar-refractivity contribution >= 4 is 21.8 Å². The Morgan fingerprint density at radius 2 is 2.26 bits per heavy atom. The van der Waals surface area contributed by atoms with E-state index in [0.717, 1.165) is 22.2 Å². The van der Waals surface area contributed by atoms with Crippen LogP contribution in [0.15, 0.2) is 45.7 Å². The van der Waals surface area contributed by atoms with Gasteiger partial charge < -0.3 is 14.5 Å². The molecule has 4 nitrogen and oxygen atoms in total. The van der Waals surface area contributed by atoms with Gasteiger partial charge in [0.05, 0.1) is 28.9 Å². The zero-order valence-electron chi connectivity index (χ0n) is 10.1. The lowest BCUT2D eigenvalue weighted by atomic mass is 10.0. The molecule has 1 amide bonds. The summed E-state index contributed by atoms with van der Waals surface area (Å²) in [7, 11) is 0. The van der Waals surface area contributed by atoms with Gasteiger partial charge in [0.15, 0.2) is 0 Å². The van der Waals surface area contributed by atoms with Crippen LogP contribution in [0.25, 0.3) is 0 Å². The molecule has 1 atom stereocenters. The lowest BCUT2D eigenvalue weighted by Crippen LogP contribution is -2.32. The van der Waals surface area contributed by atoms with E-state index in [1.54, 1.807) is 6.07 Å². The first-order valence-electron chi connectivity index (χ1n) is 6.00. The lowest BCUT2D eigenvalue weighted by molar-refractivity contribution is 0.0924. The summed E-state index contributed by atoms with van der Waals surface area (Å²) >= 11 is 3.46. The Morgan fingerprint density at radius 3 is 3.05 bits per heavy atom. The van der Waals surface area contributed by atoms with Gasteiger partial charge in [-0.2, -0.15) is 0 Å². The van der Waals surface area contributed by atoms with Crippen LogP contribution < -0.4 is 10.1 Å². The maximum atomic E-state index is 12.0. The third kappa shape index (κ3) is 2.38. The van der Waals surface area contributed by atoms with Gasteiger partial charge in [-0.15, -0.1) is 0 Å². The summed E-state index contributed by atoms with van der Waals surface area (Å²) in [6.07, 6.45) is 3.69. The summed E-state index contributed by atoms with van der Waals surface area (Å²) in [5.41, 5.74) is 1.53. The van der Waals surface area contributed by atoms with Crippen molar-refractivity contribution in [3.8, 4) is 5.75 Å². The summed E-state index contributed by atoms with van der Waals surface area (Å²) in [5.74, 6) is 0.679. The van der Waals surface area contributed by atoms with E-state index >= 15 is 0 Å². The number of carbonyl (C=O) groups excluding carboxylic acids is 1. The second kappa shape index (κ2) is 5.09. The molecule has 1 N–H and O–H groups in total. The summed E-state index contributed by atoms with van der Waals surface area (Å²) < 4.78 is 11.5. The molecule has 1 aromatic carbocycles. The van der Waals surface area contributed by atoms with Gasteiger partial charge in [-0.1, -0.05) is 12.1 Å². The molecule has 0 saturated heterocycles. The van der Waals surface area contributed by atoms with Crippen molar-refractivity contribution in [1.29, 1.82) is 0 Å². The number of amides is 1. The first kappa shape index (κ1) is 12.3. The van der Waals surface area contributed by atoms with Gasteiger partial charge >= 0.3 is 0 Å². The van der Waals surface area contributed by atoms with Crippen molar-refractivity contribution in [2.75, 3.05) is 6.61 Å². The summed E-state index contributed by atoms with van der Waals surface area (Å²) in [6.45, 7) is 0.589. The van der Waals surface area contributed by atoms with Crippen molar-refractivity contribution in [3.63, 3.8) is 0 Å². The second-order valence-electron chi connectivity index (χ2n) is 4.33. The molecule has 0 spiro atoms. The number of hydrogen-bond donors (Lipinski definition) is 1. The largest absolute Gasteiger partial charge is 0.492 e. The van der Waals surface area contributed by atoms with Crippen molar-refractivity contribution in [2.45, 2.75) is 12.5 Å². The van der Waals surface area contributed by atoms with Gasteiger partial charge in [-0.05, 0) is 28.1 Å². The molecule has 0 fully saturated rings. The topological polar surface area (TPSA) is 51.5 Å². The van der Waals surface area contributed by atoms with Crippen LogP contribution in [-0.2, 0) is 0 Å². The van der Waals surface area contributed by atoms with Gasteiger partial charge in [0.1, 0.15) is 12.0 Å².